The Labute approximate surface area is 181 Å². The van der Waals surface area contributed by atoms with E-state index in [1.54, 1.807) is 30.2 Å². The second kappa shape index (κ2) is 9.39. The molecule has 1 heterocycles. The first-order valence-corrected chi connectivity index (χ1v) is 10.6. The number of rotatable bonds is 8. The van der Waals surface area contributed by atoms with Crippen molar-refractivity contribution in [3.05, 3.63) is 71.5 Å². The Morgan fingerprint density at radius 1 is 1.13 bits per heavy atom. The summed E-state index contributed by atoms with van der Waals surface area (Å²) in [5, 5.41) is 5.94. The zero-order valence-corrected chi connectivity index (χ0v) is 17.5. The third kappa shape index (κ3) is 4.82. The van der Waals surface area contributed by atoms with Crippen LogP contribution < -0.4 is 0 Å². The molecule has 1 saturated carbocycles. The highest BCUT2D eigenvalue weighted by Gasteiger charge is 2.37. The van der Waals surface area contributed by atoms with Crippen molar-refractivity contribution in [1.82, 2.24) is 9.91 Å². The molecule has 2 aliphatic rings. The minimum atomic E-state index is -0.368. The number of hydrogen-bond donors (Lipinski definition) is 0. The molecule has 4 rings (SSSR count). The maximum absolute atomic E-state index is 14.4. The molecule has 6 nitrogen and oxygen atoms in total. The van der Waals surface area contributed by atoms with Gasteiger partial charge in [0, 0.05) is 31.6 Å². The van der Waals surface area contributed by atoms with E-state index in [2.05, 4.69) is 5.10 Å². The predicted molar refractivity (Wildman–Crippen MR) is 115 cm³/mol. The minimum Gasteiger partial charge on any atom is -0.383 e. The minimum absolute atomic E-state index is 0.00521. The fourth-order valence-electron chi connectivity index (χ4n) is 3.83. The molecule has 0 unspecified atom stereocenters. The van der Waals surface area contributed by atoms with Crippen molar-refractivity contribution >= 4 is 17.5 Å². The highest BCUT2D eigenvalue weighted by Crippen LogP contribution is 2.34. The molecule has 0 bridgehead atoms. The normalized spacial score (nSPS) is 18.1. The Bertz CT molecular complexity index is 975. The van der Waals surface area contributed by atoms with E-state index in [9.17, 15) is 14.0 Å². The summed E-state index contributed by atoms with van der Waals surface area (Å²) in [6, 6.07) is 15.7. The molecule has 31 heavy (non-hydrogen) atoms. The second-order valence-electron chi connectivity index (χ2n) is 7.92. The molecular weight excluding hydrogens is 397 g/mol. The third-order valence-corrected chi connectivity index (χ3v) is 5.66. The Morgan fingerprint density at radius 2 is 1.84 bits per heavy atom. The van der Waals surface area contributed by atoms with Crippen LogP contribution in [0.2, 0.25) is 0 Å². The Balaban J connectivity index is 1.60. The first-order chi connectivity index (χ1) is 15.1. The standard InChI is InChI=1S/C24H26FN3O3/c1-31-14-13-27(24(30)18-11-12-18)16-23(29)28-22(17-7-3-2-4-8-17)15-21(26-28)19-9-5-6-10-20(19)25/h2-10,18,22H,11-16H2,1H3/t22-/m0/s1. The van der Waals surface area contributed by atoms with Crippen molar-refractivity contribution in [1.29, 1.82) is 0 Å². The molecule has 0 radical (unpaired) electrons. The SMILES string of the molecule is COCCN(CC(=O)N1N=C(c2ccccc2F)C[C@H]1c1ccccc1)C(=O)C1CC1. The molecule has 0 aromatic heterocycles. The summed E-state index contributed by atoms with van der Waals surface area (Å²) < 4.78 is 19.5. The number of benzene rings is 2. The van der Waals surface area contributed by atoms with Crippen molar-refractivity contribution in [2.24, 2.45) is 11.0 Å². The lowest BCUT2D eigenvalue weighted by molar-refractivity contribution is -0.142. The molecule has 1 fully saturated rings. The Morgan fingerprint density at radius 3 is 2.52 bits per heavy atom. The number of carbonyl (C=O) groups excluding carboxylic acids is 2. The molecule has 7 heteroatoms. The van der Waals surface area contributed by atoms with Gasteiger partial charge in [0.25, 0.3) is 5.91 Å². The quantitative estimate of drug-likeness (QED) is 0.654. The van der Waals surface area contributed by atoms with Crippen LogP contribution in [0.1, 0.15) is 36.4 Å². The van der Waals surface area contributed by atoms with Gasteiger partial charge in [0.1, 0.15) is 12.4 Å². The van der Waals surface area contributed by atoms with Gasteiger partial charge in [0.15, 0.2) is 0 Å². The van der Waals surface area contributed by atoms with Crippen LogP contribution >= 0.6 is 0 Å². The van der Waals surface area contributed by atoms with Crippen LogP contribution in [-0.4, -0.2) is 54.2 Å². The van der Waals surface area contributed by atoms with Gasteiger partial charge in [-0.1, -0.05) is 48.5 Å². The van der Waals surface area contributed by atoms with Crippen LogP contribution in [0.25, 0.3) is 0 Å². The number of halogens is 1. The highest BCUT2D eigenvalue weighted by atomic mass is 19.1. The van der Waals surface area contributed by atoms with Gasteiger partial charge in [-0.25, -0.2) is 9.40 Å². The molecule has 2 amide bonds. The summed E-state index contributed by atoms with van der Waals surface area (Å²) >= 11 is 0. The smallest absolute Gasteiger partial charge is 0.262 e. The number of carbonyl (C=O) groups is 2. The molecule has 1 aliphatic carbocycles. The summed E-state index contributed by atoms with van der Waals surface area (Å²) in [4.78, 5) is 27.5. The summed E-state index contributed by atoms with van der Waals surface area (Å²) in [5.74, 6) is -0.664. The second-order valence-corrected chi connectivity index (χ2v) is 7.92. The fraction of sp³-hybridized carbons (Fsp3) is 0.375. The van der Waals surface area contributed by atoms with Gasteiger partial charge in [-0.05, 0) is 24.5 Å². The topological polar surface area (TPSA) is 62.2 Å². The number of nitrogens with zero attached hydrogens (tertiary/aromatic N) is 3. The van der Waals surface area contributed by atoms with Crippen molar-refractivity contribution in [3.63, 3.8) is 0 Å². The Kier molecular flexibility index (Phi) is 6.42. The number of methoxy groups -OCH3 is 1. The van der Waals surface area contributed by atoms with Crippen LogP contribution in [-0.2, 0) is 14.3 Å². The molecule has 0 saturated heterocycles. The van der Waals surface area contributed by atoms with Gasteiger partial charge in [0.05, 0.1) is 18.4 Å². The molecule has 1 atom stereocenters. The van der Waals surface area contributed by atoms with E-state index in [0.717, 1.165) is 18.4 Å². The predicted octanol–water partition coefficient (Wildman–Crippen LogP) is 3.39. The molecule has 162 valence electrons. The molecule has 2 aromatic carbocycles. The van der Waals surface area contributed by atoms with E-state index in [1.807, 2.05) is 30.3 Å². The molecule has 0 spiro atoms. The van der Waals surface area contributed by atoms with Crippen LogP contribution in [0.5, 0.6) is 0 Å². The van der Waals surface area contributed by atoms with Crippen molar-refractivity contribution in [3.8, 4) is 0 Å². The van der Waals surface area contributed by atoms with E-state index >= 15 is 0 Å². The fourth-order valence-corrected chi connectivity index (χ4v) is 3.83. The summed E-state index contributed by atoms with van der Waals surface area (Å²) in [6.45, 7) is 0.638. The van der Waals surface area contributed by atoms with Crippen LogP contribution in [0.15, 0.2) is 59.7 Å². The third-order valence-electron chi connectivity index (χ3n) is 5.66. The lowest BCUT2D eigenvalue weighted by Gasteiger charge is -2.27. The maximum Gasteiger partial charge on any atom is 0.262 e. The van der Waals surface area contributed by atoms with Gasteiger partial charge in [-0.2, -0.15) is 5.10 Å². The van der Waals surface area contributed by atoms with E-state index in [-0.39, 0.29) is 36.1 Å². The largest absolute Gasteiger partial charge is 0.383 e. The van der Waals surface area contributed by atoms with Gasteiger partial charge in [-0.15, -0.1) is 0 Å². The Hall–Kier alpha value is -3.06. The number of ether oxygens (including phenoxy) is 1. The van der Waals surface area contributed by atoms with Gasteiger partial charge in [-0.3, -0.25) is 9.59 Å². The van der Waals surface area contributed by atoms with Crippen molar-refractivity contribution < 1.29 is 18.7 Å². The van der Waals surface area contributed by atoms with Gasteiger partial charge < -0.3 is 9.64 Å². The zero-order valence-electron chi connectivity index (χ0n) is 17.5. The van der Waals surface area contributed by atoms with Crippen LogP contribution in [0, 0.1) is 11.7 Å². The number of hydrazone groups is 1. The van der Waals surface area contributed by atoms with Crippen molar-refractivity contribution in [2.45, 2.75) is 25.3 Å². The maximum atomic E-state index is 14.4. The average Bonchev–Trinajstić information content (AvgIpc) is 3.55. The summed E-state index contributed by atoms with van der Waals surface area (Å²) in [6.07, 6.45) is 2.14. The van der Waals surface area contributed by atoms with Crippen LogP contribution in [0.3, 0.4) is 0 Å². The number of hydrogen-bond acceptors (Lipinski definition) is 4. The monoisotopic (exact) mass is 423 g/mol. The van der Waals surface area contributed by atoms with E-state index in [0.29, 0.717) is 30.8 Å². The highest BCUT2D eigenvalue weighted by molar-refractivity contribution is 6.03. The molecule has 0 N–H and O–H groups in total. The van der Waals surface area contributed by atoms with E-state index in [1.165, 1.54) is 11.1 Å². The van der Waals surface area contributed by atoms with Gasteiger partial charge >= 0.3 is 0 Å². The average molecular weight is 423 g/mol. The first-order valence-electron chi connectivity index (χ1n) is 10.6. The van der Waals surface area contributed by atoms with Crippen molar-refractivity contribution in [2.75, 3.05) is 26.8 Å². The molecular formula is C24H26FN3O3. The zero-order chi connectivity index (χ0) is 21.8. The van der Waals surface area contributed by atoms with E-state index < -0.39 is 0 Å². The molecule has 2 aromatic rings. The number of amides is 2. The van der Waals surface area contributed by atoms with Crippen LogP contribution in [0.4, 0.5) is 4.39 Å². The lowest BCUT2D eigenvalue weighted by Crippen LogP contribution is -2.43. The first kappa shape index (κ1) is 21.2. The summed E-state index contributed by atoms with van der Waals surface area (Å²) in [5.41, 5.74) is 1.84. The lowest BCUT2D eigenvalue weighted by atomic mass is 9.98. The molecule has 1 aliphatic heterocycles. The summed E-state index contributed by atoms with van der Waals surface area (Å²) in [7, 11) is 1.57. The van der Waals surface area contributed by atoms with Gasteiger partial charge in [0.2, 0.25) is 5.91 Å². The van der Waals surface area contributed by atoms with E-state index in [4.69, 9.17) is 4.74 Å².